The van der Waals surface area contributed by atoms with Crippen LogP contribution in [0.1, 0.15) is 44.7 Å². The van der Waals surface area contributed by atoms with Crippen LogP contribution in [0.3, 0.4) is 0 Å². The Hall–Kier alpha value is -0.920. The SMILES string of the molecule is CCCC(CC)c1ccncn1. The van der Waals surface area contributed by atoms with E-state index in [1.807, 2.05) is 12.3 Å². The van der Waals surface area contributed by atoms with Crippen molar-refractivity contribution in [2.24, 2.45) is 0 Å². The second-order valence-electron chi connectivity index (χ2n) is 3.03. The monoisotopic (exact) mass is 164 g/mol. The molecule has 0 amide bonds. The molecule has 0 aliphatic carbocycles. The molecule has 0 spiro atoms. The molecule has 1 aromatic heterocycles. The Bertz CT molecular complexity index is 208. The third-order valence-corrected chi connectivity index (χ3v) is 2.15. The van der Waals surface area contributed by atoms with E-state index in [-0.39, 0.29) is 0 Å². The molecule has 0 aliphatic heterocycles. The van der Waals surface area contributed by atoms with Gasteiger partial charge in [-0.2, -0.15) is 0 Å². The molecule has 1 rings (SSSR count). The molecule has 1 heterocycles. The van der Waals surface area contributed by atoms with Crippen LogP contribution < -0.4 is 0 Å². The van der Waals surface area contributed by atoms with Gasteiger partial charge in [0.25, 0.3) is 0 Å². The normalized spacial score (nSPS) is 12.8. The van der Waals surface area contributed by atoms with Crippen LogP contribution in [0.5, 0.6) is 0 Å². The van der Waals surface area contributed by atoms with Crippen LogP contribution >= 0.6 is 0 Å². The van der Waals surface area contributed by atoms with Crippen LogP contribution in [0.2, 0.25) is 0 Å². The van der Waals surface area contributed by atoms with Gasteiger partial charge in [0.2, 0.25) is 0 Å². The highest BCUT2D eigenvalue weighted by molar-refractivity contribution is 5.04. The van der Waals surface area contributed by atoms with Crippen molar-refractivity contribution >= 4 is 0 Å². The minimum atomic E-state index is 0.623. The summed E-state index contributed by atoms with van der Waals surface area (Å²) in [5.74, 6) is 0.623. The summed E-state index contributed by atoms with van der Waals surface area (Å²) in [5, 5.41) is 0. The average Bonchev–Trinajstić information content (AvgIpc) is 2.15. The van der Waals surface area contributed by atoms with Gasteiger partial charge in [-0.1, -0.05) is 20.3 Å². The van der Waals surface area contributed by atoms with Crippen molar-refractivity contribution in [2.75, 3.05) is 0 Å². The lowest BCUT2D eigenvalue weighted by Crippen LogP contribution is -1.99. The van der Waals surface area contributed by atoms with Crippen molar-refractivity contribution in [1.29, 1.82) is 0 Å². The molecule has 0 radical (unpaired) electrons. The molecule has 0 fully saturated rings. The van der Waals surface area contributed by atoms with Crippen molar-refractivity contribution in [1.82, 2.24) is 9.97 Å². The standard InChI is InChI=1S/C10H16N2/c1-3-5-9(4-2)10-6-7-11-8-12-10/h6-9H,3-5H2,1-2H3. The lowest BCUT2D eigenvalue weighted by Gasteiger charge is -2.11. The minimum absolute atomic E-state index is 0.623. The summed E-state index contributed by atoms with van der Waals surface area (Å²) in [4.78, 5) is 8.17. The maximum atomic E-state index is 4.26. The lowest BCUT2D eigenvalue weighted by atomic mass is 9.97. The van der Waals surface area contributed by atoms with Crippen LogP contribution in [0.4, 0.5) is 0 Å². The number of aromatic nitrogens is 2. The fourth-order valence-corrected chi connectivity index (χ4v) is 1.45. The van der Waals surface area contributed by atoms with E-state index in [1.165, 1.54) is 25.0 Å². The fourth-order valence-electron chi connectivity index (χ4n) is 1.45. The lowest BCUT2D eigenvalue weighted by molar-refractivity contribution is 0.580. The quantitative estimate of drug-likeness (QED) is 0.683. The van der Waals surface area contributed by atoms with Crippen LogP contribution in [0, 0.1) is 0 Å². The van der Waals surface area contributed by atoms with E-state index in [4.69, 9.17) is 0 Å². The number of hydrogen-bond donors (Lipinski definition) is 0. The number of nitrogens with zero attached hydrogens (tertiary/aromatic N) is 2. The van der Waals surface area contributed by atoms with Gasteiger partial charge in [-0.25, -0.2) is 9.97 Å². The first-order valence-corrected chi connectivity index (χ1v) is 4.64. The molecule has 2 nitrogen and oxygen atoms in total. The fraction of sp³-hybridized carbons (Fsp3) is 0.600. The Balaban J connectivity index is 2.66. The van der Waals surface area contributed by atoms with E-state index < -0.39 is 0 Å². The highest BCUT2D eigenvalue weighted by atomic mass is 14.8. The van der Waals surface area contributed by atoms with Gasteiger partial charge in [-0.05, 0) is 18.9 Å². The molecule has 2 heteroatoms. The molecule has 0 bridgehead atoms. The first kappa shape index (κ1) is 9.17. The van der Waals surface area contributed by atoms with Gasteiger partial charge in [0.1, 0.15) is 6.33 Å². The zero-order valence-corrected chi connectivity index (χ0v) is 7.83. The molecule has 0 N–H and O–H groups in total. The van der Waals surface area contributed by atoms with E-state index in [2.05, 4.69) is 23.8 Å². The molecule has 0 saturated heterocycles. The summed E-state index contributed by atoms with van der Waals surface area (Å²) in [6.07, 6.45) is 7.08. The summed E-state index contributed by atoms with van der Waals surface area (Å²) in [6.45, 7) is 4.42. The second-order valence-corrected chi connectivity index (χ2v) is 3.03. The summed E-state index contributed by atoms with van der Waals surface area (Å²) in [5.41, 5.74) is 1.19. The maximum Gasteiger partial charge on any atom is 0.115 e. The van der Waals surface area contributed by atoms with Gasteiger partial charge >= 0.3 is 0 Å². The molecule has 0 aliphatic rings. The van der Waals surface area contributed by atoms with Crippen molar-refractivity contribution in [3.63, 3.8) is 0 Å². The molecule has 1 atom stereocenters. The van der Waals surface area contributed by atoms with Gasteiger partial charge in [-0.15, -0.1) is 0 Å². The largest absolute Gasteiger partial charge is 0.245 e. The van der Waals surface area contributed by atoms with Gasteiger partial charge in [0.05, 0.1) is 0 Å². The highest BCUT2D eigenvalue weighted by Gasteiger charge is 2.08. The van der Waals surface area contributed by atoms with Crippen LogP contribution in [0.15, 0.2) is 18.6 Å². The van der Waals surface area contributed by atoms with Gasteiger partial charge in [0, 0.05) is 17.8 Å². The smallest absolute Gasteiger partial charge is 0.115 e. The molecule has 1 unspecified atom stereocenters. The first-order chi connectivity index (χ1) is 5.88. The minimum Gasteiger partial charge on any atom is -0.245 e. The molecule has 0 aromatic carbocycles. The Morgan fingerprint density at radius 1 is 1.42 bits per heavy atom. The van der Waals surface area contributed by atoms with Gasteiger partial charge in [0.15, 0.2) is 0 Å². The van der Waals surface area contributed by atoms with Crippen molar-refractivity contribution in [3.8, 4) is 0 Å². The predicted octanol–water partition coefficient (Wildman–Crippen LogP) is 2.77. The summed E-state index contributed by atoms with van der Waals surface area (Å²) < 4.78 is 0. The Kier molecular flexibility index (Phi) is 3.71. The first-order valence-electron chi connectivity index (χ1n) is 4.64. The van der Waals surface area contributed by atoms with Crippen LogP contribution in [-0.2, 0) is 0 Å². The molecule has 12 heavy (non-hydrogen) atoms. The molecule has 0 saturated carbocycles. The molecule has 66 valence electrons. The number of hydrogen-bond acceptors (Lipinski definition) is 2. The Morgan fingerprint density at radius 2 is 2.25 bits per heavy atom. The predicted molar refractivity (Wildman–Crippen MR) is 50.0 cm³/mol. The summed E-state index contributed by atoms with van der Waals surface area (Å²) in [7, 11) is 0. The highest BCUT2D eigenvalue weighted by Crippen LogP contribution is 2.21. The Morgan fingerprint density at radius 3 is 2.75 bits per heavy atom. The zero-order valence-electron chi connectivity index (χ0n) is 7.83. The average molecular weight is 164 g/mol. The molecule has 1 aromatic rings. The van der Waals surface area contributed by atoms with Crippen molar-refractivity contribution in [2.45, 2.75) is 39.0 Å². The Labute approximate surface area is 74.1 Å². The van der Waals surface area contributed by atoms with Crippen molar-refractivity contribution < 1.29 is 0 Å². The van der Waals surface area contributed by atoms with Gasteiger partial charge < -0.3 is 0 Å². The van der Waals surface area contributed by atoms with Crippen LogP contribution in [0.25, 0.3) is 0 Å². The van der Waals surface area contributed by atoms with E-state index in [9.17, 15) is 0 Å². The second kappa shape index (κ2) is 4.86. The third kappa shape index (κ3) is 2.29. The molecular weight excluding hydrogens is 148 g/mol. The zero-order chi connectivity index (χ0) is 8.81. The molecular formula is C10H16N2. The summed E-state index contributed by atoms with van der Waals surface area (Å²) in [6, 6.07) is 2.02. The topological polar surface area (TPSA) is 25.8 Å². The van der Waals surface area contributed by atoms with E-state index in [1.54, 1.807) is 6.33 Å². The van der Waals surface area contributed by atoms with Crippen LogP contribution in [-0.4, -0.2) is 9.97 Å². The van der Waals surface area contributed by atoms with Gasteiger partial charge in [-0.3, -0.25) is 0 Å². The number of rotatable bonds is 4. The van der Waals surface area contributed by atoms with E-state index in [0.717, 1.165) is 0 Å². The van der Waals surface area contributed by atoms with E-state index >= 15 is 0 Å². The van der Waals surface area contributed by atoms with Crippen molar-refractivity contribution in [3.05, 3.63) is 24.3 Å². The maximum absolute atomic E-state index is 4.26. The van der Waals surface area contributed by atoms with E-state index in [0.29, 0.717) is 5.92 Å². The third-order valence-electron chi connectivity index (χ3n) is 2.15. The summed E-state index contributed by atoms with van der Waals surface area (Å²) >= 11 is 0.